The molecule has 0 saturated carbocycles. The van der Waals surface area contributed by atoms with Gasteiger partial charge in [-0.15, -0.1) is 0 Å². The first kappa shape index (κ1) is 10.5. The standard InChI is InChI=1S/C10H12N2O4/c1-11-8(9(13)14)6-12(10(11)15)5-7-3-2-4-16-7/h2-4,8H,5-6H2,1H3,(H,13,14). The van der Waals surface area contributed by atoms with Crippen molar-refractivity contribution >= 4 is 12.0 Å². The third kappa shape index (κ3) is 1.73. The Morgan fingerprint density at radius 2 is 2.44 bits per heavy atom. The van der Waals surface area contributed by atoms with Gasteiger partial charge in [-0.25, -0.2) is 9.59 Å². The van der Waals surface area contributed by atoms with Crippen molar-refractivity contribution in [2.45, 2.75) is 12.6 Å². The number of likely N-dealkylation sites (N-methyl/N-ethyl adjacent to an activating group) is 1. The van der Waals surface area contributed by atoms with E-state index in [2.05, 4.69) is 0 Å². The molecular formula is C10H12N2O4. The third-order valence-corrected chi connectivity index (χ3v) is 2.64. The predicted molar refractivity (Wildman–Crippen MR) is 53.7 cm³/mol. The number of furan rings is 1. The number of aliphatic carboxylic acids is 1. The van der Waals surface area contributed by atoms with Crippen LogP contribution in [0.4, 0.5) is 4.79 Å². The first-order valence-electron chi connectivity index (χ1n) is 4.86. The number of carboxylic acids is 1. The second-order valence-corrected chi connectivity index (χ2v) is 3.71. The Bertz CT molecular complexity index is 401. The Labute approximate surface area is 92.0 Å². The van der Waals surface area contributed by atoms with E-state index in [1.807, 2.05) is 0 Å². The molecule has 1 N–H and O–H groups in total. The number of carbonyl (C=O) groups excluding carboxylic acids is 1. The number of amides is 2. The number of carboxylic acid groups (broad SMARTS) is 1. The molecule has 86 valence electrons. The quantitative estimate of drug-likeness (QED) is 0.815. The number of rotatable bonds is 3. The highest BCUT2D eigenvalue weighted by Gasteiger charge is 2.39. The van der Waals surface area contributed by atoms with Crippen molar-refractivity contribution in [3.8, 4) is 0 Å². The summed E-state index contributed by atoms with van der Waals surface area (Å²) in [6.07, 6.45) is 1.52. The molecule has 2 heterocycles. The van der Waals surface area contributed by atoms with E-state index in [4.69, 9.17) is 9.52 Å². The van der Waals surface area contributed by atoms with Crippen LogP contribution in [0, 0.1) is 0 Å². The van der Waals surface area contributed by atoms with Crippen LogP contribution in [0.5, 0.6) is 0 Å². The Morgan fingerprint density at radius 1 is 1.69 bits per heavy atom. The molecule has 0 aromatic carbocycles. The van der Waals surface area contributed by atoms with Crippen molar-refractivity contribution in [2.75, 3.05) is 13.6 Å². The topological polar surface area (TPSA) is 74.0 Å². The molecule has 0 radical (unpaired) electrons. The minimum atomic E-state index is -0.988. The second-order valence-electron chi connectivity index (χ2n) is 3.71. The summed E-state index contributed by atoms with van der Waals surface area (Å²) in [5, 5.41) is 8.90. The Morgan fingerprint density at radius 3 is 2.94 bits per heavy atom. The highest BCUT2D eigenvalue weighted by molar-refractivity contribution is 5.86. The van der Waals surface area contributed by atoms with Gasteiger partial charge in [0.2, 0.25) is 0 Å². The van der Waals surface area contributed by atoms with Gasteiger partial charge in [0.25, 0.3) is 0 Å². The van der Waals surface area contributed by atoms with Gasteiger partial charge in [-0.3, -0.25) is 0 Å². The molecule has 1 aliphatic heterocycles. The summed E-state index contributed by atoms with van der Waals surface area (Å²) in [5.74, 6) is -0.342. The van der Waals surface area contributed by atoms with Crippen LogP contribution < -0.4 is 0 Å². The van der Waals surface area contributed by atoms with E-state index in [0.29, 0.717) is 12.3 Å². The van der Waals surface area contributed by atoms with Gasteiger partial charge in [-0.05, 0) is 12.1 Å². The number of hydrogen-bond donors (Lipinski definition) is 1. The largest absolute Gasteiger partial charge is 0.480 e. The lowest BCUT2D eigenvalue weighted by Gasteiger charge is -2.14. The zero-order valence-corrected chi connectivity index (χ0v) is 8.79. The highest BCUT2D eigenvalue weighted by Crippen LogP contribution is 2.17. The molecule has 6 nitrogen and oxygen atoms in total. The second kappa shape index (κ2) is 3.88. The minimum absolute atomic E-state index is 0.186. The maximum absolute atomic E-state index is 11.7. The molecule has 2 rings (SSSR count). The molecule has 0 aliphatic carbocycles. The molecule has 1 atom stereocenters. The van der Waals surface area contributed by atoms with E-state index in [1.54, 1.807) is 12.1 Å². The summed E-state index contributed by atoms with van der Waals surface area (Å²) in [7, 11) is 1.49. The van der Waals surface area contributed by atoms with Gasteiger partial charge in [-0.1, -0.05) is 0 Å². The van der Waals surface area contributed by atoms with Gasteiger partial charge in [-0.2, -0.15) is 0 Å². The molecule has 1 fully saturated rings. The molecular weight excluding hydrogens is 212 g/mol. The molecule has 0 spiro atoms. The van der Waals surface area contributed by atoms with Crippen LogP contribution >= 0.6 is 0 Å². The molecule has 0 bridgehead atoms. The number of hydrogen-bond acceptors (Lipinski definition) is 3. The summed E-state index contributed by atoms with van der Waals surface area (Å²) in [4.78, 5) is 25.2. The van der Waals surface area contributed by atoms with Crippen molar-refractivity contribution in [1.29, 1.82) is 0 Å². The van der Waals surface area contributed by atoms with E-state index in [-0.39, 0.29) is 12.6 Å². The summed E-state index contributed by atoms with van der Waals surface area (Å²) in [6, 6.07) is 2.42. The van der Waals surface area contributed by atoms with Crippen LogP contribution in [-0.2, 0) is 11.3 Å². The molecule has 1 unspecified atom stereocenters. The predicted octanol–water partition coefficient (Wildman–Crippen LogP) is 0.600. The van der Waals surface area contributed by atoms with Crippen LogP contribution in [0.1, 0.15) is 5.76 Å². The molecule has 1 aliphatic rings. The van der Waals surface area contributed by atoms with Crippen LogP contribution in [0.3, 0.4) is 0 Å². The summed E-state index contributed by atoms with van der Waals surface area (Å²) in [5.41, 5.74) is 0. The lowest BCUT2D eigenvalue weighted by atomic mass is 10.3. The average molecular weight is 224 g/mol. The van der Waals surface area contributed by atoms with Gasteiger partial charge >= 0.3 is 12.0 Å². The van der Waals surface area contributed by atoms with E-state index in [9.17, 15) is 9.59 Å². The van der Waals surface area contributed by atoms with Crippen molar-refractivity contribution in [1.82, 2.24) is 9.80 Å². The van der Waals surface area contributed by atoms with Gasteiger partial charge in [0.15, 0.2) is 0 Å². The van der Waals surface area contributed by atoms with Gasteiger partial charge in [0, 0.05) is 7.05 Å². The van der Waals surface area contributed by atoms with Gasteiger partial charge in [0.1, 0.15) is 11.8 Å². The summed E-state index contributed by atoms with van der Waals surface area (Å²) >= 11 is 0. The lowest BCUT2D eigenvalue weighted by Crippen LogP contribution is -2.36. The summed E-state index contributed by atoms with van der Waals surface area (Å²) < 4.78 is 5.11. The van der Waals surface area contributed by atoms with Crippen LogP contribution in [0.15, 0.2) is 22.8 Å². The fraction of sp³-hybridized carbons (Fsp3) is 0.400. The number of urea groups is 1. The maximum Gasteiger partial charge on any atom is 0.328 e. The van der Waals surface area contributed by atoms with Gasteiger partial charge < -0.3 is 19.3 Å². The minimum Gasteiger partial charge on any atom is -0.480 e. The van der Waals surface area contributed by atoms with Crippen molar-refractivity contribution in [2.24, 2.45) is 0 Å². The van der Waals surface area contributed by atoms with Crippen LogP contribution in [0.25, 0.3) is 0 Å². The van der Waals surface area contributed by atoms with Crippen LogP contribution in [0.2, 0.25) is 0 Å². The SMILES string of the molecule is CN1C(=O)N(Cc2ccco2)CC1C(=O)O. The fourth-order valence-electron chi connectivity index (χ4n) is 1.73. The Hall–Kier alpha value is -1.98. The van der Waals surface area contributed by atoms with Crippen molar-refractivity contribution in [3.05, 3.63) is 24.2 Å². The third-order valence-electron chi connectivity index (χ3n) is 2.64. The van der Waals surface area contributed by atoms with Crippen molar-refractivity contribution in [3.63, 3.8) is 0 Å². The Kier molecular flexibility index (Phi) is 2.55. The maximum atomic E-state index is 11.7. The molecule has 2 amide bonds. The van der Waals surface area contributed by atoms with E-state index >= 15 is 0 Å². The smallest absolute Gasteiger partial charge is 0.328 e. The lowest BCUT2D eigenvalue weighted by molar-refractivity contribution is -0.140. The van der Waals surface area contributed by atoms with E-state index in [1.165, 1.54) is 23.1 Å². The van der Waals surface area contributed by atoms with E-state index < -0.39 is 12.0 Å². The Balaban J connectivity index is 2.08. The zero-order chi connectivity index (χ0) is 11.7. The molecule has 1 aromatic rings. The normalized spacial score (nSPS) is 20.6. The van der Waals surface area contributed by atoms with Crippen LogP contribution in [-0.4, -0.2) is 46.5 Å². The summed E-state index contributed by atoms with van der Waals surface area (Å²) in [6.45, 7) is 0.491. The molecule has 6 heteroatoms. The molecule has 16 heavy (non-hydrogen) atoms. The highest BCUT2D eigenvalue weighted by atomic mass is 16.4. The number of nitrogens with zero attached hydrogens (tertiary/aromatic N) is 2. The first-order chi connectivity index (χ1) is 7.59. The monoisotopic (exact) mass is 224 g/mol. The first-order valence-corrected chi connectivity index (χ1v) is 4.86. The zero-order valence-electron chi connectivity index (χ0n) is 8.79. The molecule has 1 aromatic heterocycles. The molecule has 1 saturated heterocycles. The van der Waals surface area contributed by atoms with Crippen molar-refractivity contribution < 1.29 is 19.1 Å². The number of carbonyl (C=O) groups is 2. The van der Waals surface area contributed by atoms with Gasteiger partial charge in [0.05, 0.1) is 19.4 Å². The van der Waals surface area contributed by atoms with E-state index in [0.717, 1.165) is 0 Å². The average Bonchev–Trinajstić information content (AvgIpc) is 2.82. The fourth-order valence-corrected chi connectivity index (χ4v) is 1.73.